The molecule has 0 aliphatic heterocycles. The summed E-state index contributed by atoms with van der Waals surface area (Å²) in [4.78, 5) is 24.7. The van der Waals surface area contributed by atoms with Crippen LogP contribution in [0, 0.1) is 6.92 Å². The second-order valence-electron chi connectivity index (χ2n) is 5.73. The molecule has 0 fully saturated rings. The number of nitrogens with zero attached hydrogens (tertiary/aromatic N) is 3. The number of carbonyl (C=O) groups excluding carboxylic acids is 1. The summed E-state index contributed by atoms with van der Waals surface area (Å²) < 4.78 is 5.32. The minimum atomic E-state index is -0.271. The Balaban J connectivity index is 1.67. The van der Waals surface area contributed by atoms with Crippen LogP contribution in [0.4, 0.5) is 11.6 Å². The first-order valence-electron chi connectivity index (χ1n) is 8.18. The Morgan fingerprint density at radius 3 is 2.63 bits per heavy atom. The van der Waals surface area contributed by atoms with E-state index >= 15 is 0 Å². The van der Waals surface area contributed by atoms with Gasteiger partial charge in [0.25, 0.3) is 5.91 Å². The molecule has 1 amide bonds. The highest BCUT2D eigenvalue weighted by atomic mass is 35.5. The van der Waals surface area contributed by atoms with E-state index in [1.165, 1.54) is 12.4 Å². The van der Waals surface area contributed by atoms with Gasteiger partial charge in [-0.2, -0.15) is 0 Å². The topological polar surface area (TPSA) is 89.0 Å². The number of rotatable bonds is 6. The van der Waals surface area contributed by atoms with Crippen LogP contribution in [0.2, 0.25) is 5.02 Å². The summed E-state index contributed by atoms with van der Waals surface area (Å²) in [5.74, 6) is 0.648. The zero-order valence-electron chi connectivity index (χ0n) is 14.9. The zero-order chi connectivity index (χ0) is 19.2. The molecular formula is C19H18ClN5O2. The number of ether oxygens (including phenoxy) is 1. The first-order chi connectivity index (χ1) is 13.1. The van der Waals surface area contributed by atoms with Crippen molar-refractivity contribution < 1.29 is 9.53 Å². The predicted molar refractivity (Wildman–Crippen MR) is 103 cm³/mol. The molecule has 0 unspecified atom stereocenters. The van der Waals surface area contributed by atoms with E-state index in [0.29, 0.717) is 34.5 Å². The Morgan fingerprint density at radius 2 is 1.96 bits per heavy atom. The maximum atomic E-state index is 12.2. The van der Waals surface area contributed by atoms with Crippen LogP contribution in [0.15, 0.2) is 48.9 Å². The lowest BCUT2D eigenvalue weighted by Crippen LogP contribution is -2.23. The molecule has 0 saturated carbocycles. The number of methoxy groups -OCH3 is 1. The highest BCUT2D eigenvalue weighted by Gasteiger charge is 2.10. The van der Waals surface area contributed by atoms with Crippen molar-refractivity contribution in [3.05, 3.63) is 70.8 Å². The molecule has 0 atom stereocenters. The molecule has 0 spiro atoms. The fourth-order valence-corrected chi connectivity index (χ4v) is 2.49. The monoisotopic (exact) mass is 383 g/mol. The van der Waals surface area contributed by atoms with Gasteiger partial charge >= 0.3 is 0 Å². The maximum Gasteiger partial charge on any atom is 0.254 e. The van der Waals surface area contributed by atoms with Gasteiger partial charge in [0.15, 0.2) is 0 Å². The average molecular weight is 384 g/mol. The van der Waals surface area contributed by atoms with Crippen molar-refractivity contribution in [3.8, 4) is 5.75 Å². The lowest BCUT2D eigenvalue weighted by molar-refractivity contribution is 0.0949. The van der Waals surface area contributed by atoms with Gasteiger partial charge in [0, 0.05) is 29.7 Å². The zero-order valence-corrected chi connectivity index (χ0v) is 15.6. The van der Waals surface area contributed by atoms with Crippen LogP contribution in [-0.4, -0.2) is 28.0 Å². The first kappa shape index (κ1) is 18.6. The molecule has 1 aromatic carbocycles. The predicted octanol–water partition coefficient (Wildman–Crippen LogP) is 3.52. The van der Waals surface area contributed by atoms with Crippen molar-refractivity contribution >= 4 is 29.1 Å². The Hall–Kier alpha value is -3.19. The van der Waals surface area contributed by atoms with Gasteiger partial charge in [-0.15, -0.1) is 0 Å². The fraction of sp³-hybridized carbons (Fsp3) is 0.158. The Kier molecular flexibility index (Phi) is 5.83. The van der Waals surface area contributed by atoms with Crippen molar-refractivity contribution in [2.75, 3.05) is 12.4 Å². The Bertz CT molecular complexity index is 933. The molecular weight excluding hydrogens is 366 g/mol. The number of anilines is 2. The third-order valence-corrected chi connectivity index (χ3v) is 4.20. The van der Waals surface area contributed by atoms with E-state index in [1.807, 2.05) is 31.2 Å². The molecule has 2 N–H and O–H groups in total. The van der Waals surface area contributed by atoms with Crippen molar-refractivity contribution in [1.82, 2.24) is 20.3 Å². The fourth-order valence-electron chi connectivity index (χ4n) is 2.34. The number of nitrogens with one attached hydrogen (secondary N) is 2. The number of carbonyl (C=O) groups is 1. The molecule has 0 aliphatic rings. The standard InChI is InChI=1S/C19H18ClN5O2/c1-12-7-16(17(27-2)8-15(12)20)25-19-23-9-13(10-24-19)18(26)22-11-14-5-3-4-6-21-14/h3-10H,11H2,1-2H3,(H,22,26)(H,23,24,25). The minimum Gasteiger partial charge on any atom is -0.495 e. The first-order valence-corrected chi connectivity index (χ1v) is 8.56. The highest BCUT2D eigenvalue weighted by molar-refractivity contribution is 6.31. The van der Waals surface area contributed by atoms with Gasteiger partial charge < -0.3 is 15.4 Å². The molecule has 27 heavy (non-hydrogen) atoms. The quantitative estimate of drug-likeness (QED) is 0.677. The molecule has 2 heterocycles. The Morgan fingerprint density at radius 1 is 1.19 bits per heavy atom. The normalized spacial score (nSPS) is 10.3. The van der Waals surface area contributed by atoms with Gasteiger partial charge in [-0.3, -0.25) is 9.78 Å². The van der Waals surface area contributed by atoms with Gasteiger partial charge in [0.1, 0.15) is 5.75 Å². The Labute approximate surface area is 161 Å². The summed E-state index contributed by atoms with van der Waals surface area (Å²) in [7, 11) is 1.56. The number of hydrogen-bond donors (Lipinski definition) is 2. The van der Waals surface area contributed by atoms with E-state index in [1.54, 1.807) is 19.4 Å². The number of aryl methyl sites for hydroxylation is 1. The van der Waals surface area contributed by atoms with Crippen molar-refractivity contribution in [1.29, 1.82) is 0 Å². The third-order valence-electron chi connectivity index (χ3n) is 3.80. The van der Waals surface area contributed by atoms with Gasteiger partial charge in [-0.05, 0) is 30.7 Å². The lowest BCUT2D eigenvalue weighted by atomic mass is 10.2. The molecule has 3 rings (SSSR count). The summed E-state index contributed by atoms with van der Waals surface area (Å²) in [5.41, 5.74) is 2.71. The number of aromatic nitrogens is 3. The van der Waals surface area contributed by atoms with Crippen LogP contribution in [0.3, 0.4) is 0 Å². The van der Waals surface area contributed by atoms with E-state index in [4.69, 9.17) is 16.3 Å². The molecule has 0 saturated heterocycles. The molecule has 8 heteroatoms. The number of benzene rings is 1. The molecule has 0 bridgehead atoms. The average Bonchev–Trinajstić information content (AvgIpc) is 2.70. The van der Waals surface area contributed by atoms with Crippen LogP contribution >= 0.6 is 11.6 Å². The second-order valence-corrected chi connectivity index (χ2v) is 6.13. The summed E-state index contributed by atoms with van der Waals surface area (Å²) >= 11 is 6.11. The summed E-state index contributed by atoms with van der Waals surface area (Å²) in [6.07, 6.45) is 4.59. The molecule has 7 nitrogen and oxygen atoms in total. The maximum absolute atomic E-state index is 12.2. The van der Waals surface area contributed by atoms with Crippen LogP contribution < -0.4 is 15.4 Å². The van der Waals surface area contributed by atoms with Gasteiger partial charge in [0.05, 0.1) is 30.6 Å². The van der Waals surface area contributed by atoms with Crippen LogP contribution in [0.5, 0.6) is 5.75 Å². The van der Waals surface area contributed by atoms with Gasteiger partial charge in [-0.25, -0.2) is 9.97 Å². The largest absolute Gasteiger partial charge is 0.495 e. The molecule has 0 radical (unpaired) electrons. The lowest BCUT2D eigenvalue weighted by Gasteiger charge is -2.12. The number of pyridine rings is 1. The summed E-state index contributed by atoms with van der Waals surface area (Å²) in [5, 5.41) is 6.46. The number of hydrogen-bond acceptors (Lipinski definition) is 6. The van der Waals surface area contributed by atoms with Crippen molar-refractivity contribution in [2.45, 2.75) is 13.5 Å². The van der Waals surface area contributed by atoms with Crippen molar-refractivity contribution in [2.24, 2.45) is 0 Å². The minimum absolute atomic E-state index is 0.271. The van der Waals surface area contributed by atoms with E-state index in [0.717, 1.165) is 11.3 Å². The number of amides is 1. The van der Waals surface area contributed by atoms with Gasteiger partial charge in [0.2, 0.25) is 5.95 Å². The van der Waals surface area contributed by atoms with E-state index in [2.05, 4.69) is 25.6 Å². The van der Waals surface area contributed by atoms with Crippen LogP contribution in [0.25, 0.3) is 0 Å². The van der Waals surface area contributed by atoms with Gasteiger partial charge in [-0.1, -0.05) is 17.7 Å². The molecule has 138 valence electrons. The molecule has 3 aromatic rings. The summed E-state index contributed by atoms with van der Waals surface area (Å²) in [6, 6.07) is 9.09. The smallest absolute Gasteiger partial charge is 0.254 e. The van der Waals surface area contributed by atoms with Crippen molar-refractivity contribution in [3.63, 3.8) is 0 Å². The molecule has 2 aromatic heterocycles. The van der Waals surface area contributed by atoms with Crippen LogP contribution in [0.1, 0.15) is 21.6 Å². The van der Waals surface area contributed by atoms with E-state index < -0.39 is 0 Å². The van der Waals surface area contributed by atoms with Crippen LogP contribution in [-0.2, 0) is 6.54 Å². The second kappa shape index (κ2) is 8.46. The molecule has 0 aliphatic carbocycles. The number of halogens is 1. The summed E-state index contributed by atoms with van der Waals surface area (Å²) in [6.45, 7) is 2.23. The van der Waals surface area contributed by atoms with E-state index in [-0.39, 0.29) is 5.91 Å². The van der Waals surface area contributed by atoms with E-state index in [9.17, 15) is 4.79 Å². The SMILES string of the molecule is COc1cc(Cl)c(C)cc1Nc1ncc(C(=O)NCc2ccccn2)cn1. The highest BCUT2D eigenvalue weighted by Crippen LogP contribution is 2.32. The third kappa shape index (κ3) is 4.71.